The zero-order chi connectivity index (χ0) is 15.1. The molecule has 1 rings (SSSR count). The van der Waals surface area contributed by atoms with E-state index in [2.05, 4.69) is 10.6 Å². The van der Waals surface area contributed by atoms with E-state index < -0.39 is 18.0 Å². The van der Waals surface area contributed by atoms with Crippen LogP contribution in [0.3, 0.4) is 0 Å². The monoisotopic (exact) mass is 277 g/mol. The van der Waals surface area contributed by atoms with E-state index in [-0.39, 0.29) is 6.42 Å². The number of rotatable bonds is 5. The number of anilines is 1. The molecule has 0 saturated carbocycles. The van der Waals surface area contributed by atoms with Crippen LogP contribution >= 0.6 is 0 Å². The number of urea groups is 1. The molecule has 0 radical (unpaired) electrons. The molecule has 0 aliphatic heterocycles. The van der Waals surface area contributed by atoms with Crippen LogP contribution in [0.1, 0.15) is 18.9 Å². The summed E-state index contributed by atoms with van der Waals surface area (Å²) in [7, 11) is 1.41. The van der Waals surface area contributed by atoms with Gasteiger partial charge < -0.3 is 20.5 Å². The van der Waals surface area contributed by atoms with E-state index in [1.807, 2.05) is 6.07 Å². The Morgan fingerprint density at radius 2 is 2.20 bits per heavy atom. The van der Waals surface area contributed by atoms with Gasteiger partial charge in [-0.3, -0.25) is 0 Å². The number of methoxy groups -OCH3 is 1. The molecule has 106 valence electrons. The average Bonchev–Trinajstić information content (AvgIpc) is 2.44. The van der Waals surface area contributed by atoms with E-state index in [1.165, 1.54) is 25.3 Å². The third kappa shape index (κ3) is 3.88. The lowest BCUT2D eigenvalue weighted by atomic mass is 10.2. The minimum atomic E-state index is -1.10. The molecule has 0 saturated heterocycles. The van der Waals surface area contributed by atoms with Gasteiger partial charge in [-0.1, -0.05) is 6.92 Å². The Labute approximate surface area is 116 Å². The van der Waals surface area contributed by atoms with Crippen LogP contribution in [0, 0.1) is 11.3 Å². The van der Waals surface area contributed by atoms with Gasteiger partial charge in [-0.2, -0.15) is 5.26 Å². The molecule has 0 bridgehead atoms. The lowest BCUT2D eigenvalue weighted by Gasteiger charge is -2.14. The van der Waals surface area contributed by atoms with Crippen LogP contribution in [0.15, 0.2) is 18.2 Å². The van der Waals surface area contributed by atoms with Crippen LogP contribution in [-0.4, -0.2) is 30.3 Å². The van der Waals surface area contributed by atoms with Gasteiger partial charge in [-0.25, -0.2) is 9.59 Å². The summed E-state index contributed by atoms with van der Waals surface area (Å²) in [6, 6.07) is 4.85. The first-order chi connectivity index (χ1) is 9.51. The number of carbonyl (C=O) groups excluding carboxylic acids is 1. The number of amides is 2. The van der Waals surface area contributed by atoms with Crippen molar-refractivity contribution in [1.29, 1.82) is 5.26 Å². The normalized spacial score (nSPS) is 11.1. The topological polar surface area (TPSA) is 111 Å². The first kappa shape index (κ1) is 15.3. The molecule has 3 N–H and O–H groups in total. The van der Waals surface area contributed by atoms with Gasteiger partial charge >= 0.3 is 12.0 Å². The van der Waals surface area contributed by atoms with E-state index in [0.717, 1.165) is 0 Å². The van der Waals surface area contributed by atoms with Crippen LogP contribution in [-0.2, 0) is 4.79 Å². The van der Waals surface area contributed by atoms with Crippen LogP contribution in [0.4, 0.5) is 10.5 Å². The molecule has 0 heterocycles. The van der Waals surface area contributed by atoms with Crippen molar-refractivity contribution in [3.05, 3.63) is 23.8 Å². The molecule has 0 aromatic heterocycles. The molecule has 7 heteroatoms. The van der Waals surface area contributed by atoms with Crippen molar-refractivity contribution in [2.24, 2.45) is 0 Å². The first-order valence-corrected chi connectivity index (χ1v) is 5.90. The van der Waals surface area contributed by atoms with E-state index in [1.54, 1.807) is 6.92 Å². The van der Waals surface area contributed by atoms with Crippen molar-refractivity contribution >= 4 is 17.7 Å². The lowest BCUT2D eigenvalue weighted by molar-refractivity contribution is -0.139. The second-order valence-electron chi connectivity index (χ2n) is 3.92. The van der Waals surface area contributed by atoms with E-state index in [9.17, 15) is 9.59 Å². The molecule has 1 aromatic carbocycles. The number of ether oxygens (including phenoxy) is 1. The molecule has 0 aliphatic rings. The first-order valence-electron chi connectivity index (χ1n) is 5.90. The highest BCUT2D eigenvalue weighted by Gasteiger charge is 2.18. The Morgan fingerprint density at radius 1 is 1.50 bits per heavy atom. The molecular formula is C13H15N3O4. The summed E-state index contributed by atoms with van der Waals surface area (Å²) in [4.78, 5) is 22.5. The number of nitriles is 1. The van der Waals surface area contributed by atoms with Crippen LogP contribution in [0.5, 0.6) is 5.75 Å². The Kier molecular flexibility index (Phi) is 5.35. The number of nitrogens with zero attached hydrogens (tertiary/aromatic N) is 1. The number of hydrogen-bond acceptors (Lipinski definition) is 4. The molecule has 0 fully saturated rings. The molecular weight excluding hydrogens is 262 g/mol. The third-order valence-electron chi connectivity index (χ3n) is 2.59. The number of carboxylic acid groups (broad SMARTS) is 1. The summed E-state index contributed by atoms with van der Waals surface area (Å²) in [6.45, 7) is 1.65. The summed E-state index contributed by atoms with van der Waals surface area (Å²) in [5.74, 6) is -0.781. The minimum Gasteiger partial charge on any atom is -0.495 e. The standard InChI is InChI=1S/C13H15N3O4/c1-3-9(12(17)18)15-13(19)16-10-5-4-8(7-14)6-11(10)20-2/h4-6,9H,3H2,1-2H3,(H,17,18)(H2,15,16,19)/t9-/m1/s1. The quantitative estimate of drug-likeness (QED) is 0.756. The number of nitrogens with one attached hydrogen (secondary N) is 2. The summed E-state index contributed by atoms with van der Waals surface area (Å²) in [5.41, 5.74) is 0.744. The fourth-order valence-corrected chi connectivity index (χ4v) is 1.52. The molecule has 0 aliphatic carbocycles. The predicted octanol–water partition coefficient (Wildman–Crippen LogP) is 1.55. The Hall–Kier alpha value is -2.75. The van der Waals surface area contributed by atoms with E-state index in [0.29, 0.717) is 17.0 Å². The van der Waals surface area contributed by atoms with Gasteiger partial charge in [-0.15, -0.1) is 0 Å². The van der Waals surface area contributed by atoms with Gasteiger partial charge in [0.2, 0.25) is 0 Å². The maximum absolute atomic E-state index is 11.7. The van der Waals surface area contributed by atoms with E-state index in [4.69, 9.17) is 15.1 Å². The second-order valence-corrected chi connectivity index (χ2v) is 3.92. The zero-order valence-electron chi connectivity index (χ0n) is 11.1. The molecule has 0 spiro atoms. The highest BCUT2D eigenvalue weighted by molar-refractivity contribution is 5.93. The predicted molar refractivity (Wildman–Crippen MR) is 71.6 cm³/mol. The zero-order valence-corrected chi connectivity index (χ0v) is 11.1. The van der Waals surface area contributed by atoms with Crippen molar-refractivity contribution in [1.82, 2.24) is 5.32 Å². The van der Waals surface area contributed by atoms with Gasteiger partial charge in [0, 0.05) is 6.07 Å². The summed E-state index contributed by atoms with van der Waals surface area (Å²) < 4.78 is 5.06. The van der Waals surface area contributed by atoms with Gasteiger partial charge in [0.15, 0.2) is 0 Å². The maximum Gasteiger partial charge on any atom is 0.326 e. The van der Waals surface area contributed by atoms with Gasteiger partial charge in [0.05, 0.1) is 24.4 Å². The van der Waals surface area contributed by atoms with Crippen molar-refractivity contribution < 1.29 is 19.4 Å². The van der Waals surface area contributed by atoms with Crippen molar-refractivity contribution in [2.45, 2.75) is 19.4 Å². The summed E-state index contributed by atoms with van der Waals surface area (Å²) in [5, 5.41) is 22.4. The highest BCUT2D eigenvalue weighted by Crippen LogP contribution is 2.25. The molecule has 2 amide bonds. The number of hydrogen-bond donors (Lipinski definition) is 3. The lowest BCUT2D eigenvalue weighted by Crippen LogP contribution is -2.42. The molecule has 1 atom stereocenters. The molecule has 7 nitrogen and oxygen atoms in total. The fourth-order valence-electron chi connectivity index (χ4n) is 1.52. The van der Waals surface area contributed by atoms with Gasteiger partial charge in [0.1, 0.15) is 11.8 Å². The molecule has 20 heavy (non-hydrogen) atoms. The van der Waals surface area contributed by atoms with Crippen LogP contribution in [0.25, 0.3) is 0 Å². The number of carboxylic acids is 1. The second kappa shape index (κ2) is 6.99. The number of carbonyl (C=O) groups is 2. The maximum atomic E-state index is 11.7. The minimum absolute atomic E-state index is 0.271. The third-order valence-corrected chi connectivity index (χ3v) is 2.59. The fraction of sp³-hybridized carbons (Fsp3) is 0.308. The van der Waals surface area contributed by atoms with Crippen LogP contribution in [0.2, 0.25) is 0 Å². The Bertz CT molecular complexity index is 551. The SMILES string of the molecule is CC[C@@H](NC(=O)Nc1ccc(C#N)cc1OC)C(=O)O. The van der Waals surface area contributed by atoms with E-state index >= 15 is 0 Å². The highest BCUT2D eigenvalue weighted by atomic mass is 16.5. The van der Waals surface area contributed by atoms with Gasteiger partial charge in [0.25, 0.3) is 0 Å². The molecule has 0 unspecified atom stereocenters. The van der Waals surface area contributed by atoms with Crippen molar-refractivity contribution in [2.75, 3.05) is 12.4 Å². The summed E-state index contributed by atoms with van der Waals surface area (Å²) in [6.07, 6.45) is 0.271. The molecule has 1 aromatic rings. The smallest absolute Gasteiger partial charge is 0.326 e. The average molecular weight is 277 g/mol. The van der Waals surface area contributed by atoms with Crippen molar-refractivity contribution in [3.63, 3.8) is 0 Å². The Balaban J connectivity index is 2.80. The largest absolute Gasteiger partial charge is 0.495 e. The number of aliphatic carboxylic acids is 1. The number of benzene rings is 1. The Morgan fingerprint density at radius 3 is 2.70 bits per heavy atom. The van der Waals surface area contributed by atoms with Crippen molar-refractivity contribution in [3.8, 4) is 11.8 Å². The van der Waals surface area contributed by atoms with Gasteiger partial charge in [-0.05, 0) is 18.6 Å². The summed E-state index contributed by atoms with van der Waals surface area (Å²) >= 11 is 0. The van der Waals surface area contributed by atoms with Crippen LogP contribution < -0.4 is 15.4 Å².